The van der Waals surface area contributed by atoms with Gasteiger partial charge in [-0.05, 0) is 89.9 Å². The Morgan fingerprint density at radius 3 is 0.987 bits per heavy atom. The number of carbonyl (C=O) groups is 2. The first-order valence-electron chi connectivity index (χ1n) is 34.9. The molecule has 0 heterocycles. The Bertz CT molecular complexity index is 1310. The fraction of sp³-hybridized carbons (Fsp3) is 0.861. The molecular formula is C72H135NO5. The summed E-state index contributed by atoms with van der Waals surface area (Å²) in [5.41, 5.74) is 0. The highest BCUT2D eigenvalue weighted by molar-refractivity contribution is 5.76. The predicted molar refractivity (Wildman–Crippen MR) is 342 cm³/mol. The molecule has 0 aromatic heterocycles. The Hall–Kier alpha value is -2.18. The van der Waals surface area contributed by atoms with Gasteiger partial charge in [0.15, 0.2) is 0 Å². The smallest absolute Gasteiger partial charge is 0.305 e. The van der Waals surface area contributed by atoms with Crippen molar-refractivity contribution >= 4 is 11.9 Å². The van der Waals surface area contributed by atoms with Crippen molar-refractivity contribution in [2.45, 2.75) is 386 Å². The second-order valence-corrected chi connectivity index (χ2v) is 23.9. The summed E-state index contributed by atoms with van der Waals surface area (Å²) in [6.07, 6.45) is 87.7. The third-order valence-electron chi connectivity index (χ3n) is 16.1. The first kappa shape index (κ1) is 75.8. The monoisotopic (exact) mass is 1090 g/mol. The summed E-state index contributed by atoms with van der Waals surface area (Å²) in [5, 5.41) is 23.1. The van der Waals surface area contributed by atoms with Gasteiger partial charge in [0.1, 0.15) is 0 Å². The maximum absolute atomic E-state index is 12.5. The maximum atomic E-state index is 12.5. The second-order valence-electron chi connectivity index (χ2n) is 23.9. The van der Waals surface area contributed by atoms with Crippen molar-refractivity contribution in [2.75, 3.05) is 13.2 Å². The number of allylic oxidation sites excluding steroid dienone is 7. The molecule has 0 saturated heterocycles. The number of rotatable bonds is 65. The van der Waals surface area contributed by atoms with Gasteiger partial charge in [0, 0.05) is 12.8 Å². The van der Waals surface area contributed by atoms with Gasteiger partial charge in [0.05, 0.1) is 25.4 Å². The van der Waals surface area contributed by atoms with Crippen LogP contribution in [0.5, 0.6) is 0 Å². The number of esters is 1. The normalized spacial score (nSPS) is 12.8. The molecule has 0 aliphatic carbocycles. The van der Waals surface area contributed by atoms with Crippen LogP contribution >= 0.6 is 0 Å². The molecular weight excluding hydrogens is 959 g/mol. The van der Waals surface area contributed by atoms with Crippen molar-refractivity contribution in [3.05, 3.63) is 48.6 Å². The number of ether oxygens (including phenoxy) is 1. The molecule has 0 rings (SSSR count). The van der Waals surface area contributed by atoms with E-state index in [1.54, 1.807) is 6.08 Å². The quantitative estimate of drug-likeness (QED) is 0.0320. The van der Waals surface area contributed by atoms with E-state index in [-0.39, 0.29) is 18.5 Å². The summed E-state index contributed by atoms with van der Waals surface area (Å²) in [6.45, 7) is 4.90. The lowest BCUT2D eigenvalue weighted by Crippen LogP contribution is -2.45. The summed E-state index contributed by atoms with van der Waals surface area (Å²) in [4.78, 5) is 24.5. The average molecular weight is 1090 g/mol. The highest BCUT2D eigenvalue weighted by Gasteiger charge is 2.18. The van der Waals surface area contributed by atoms with Crippen LogP contribution in [0.1, 0.15) is 373 Å². The van der Waals surface area contributed by atoms with Crippen molar-refractivity contribution in [3.8, 4) is 0 Å². The van der Waals surface area contributed by atoms with Crippen LogP contribution in [0.25, 0.3) is 0 Å². The van der Waals surface area contributed by atoms with Crippen LogP contribution in [-0.4, -0.2) is 47.4 Å². The lowest BCUT2D eigenvalue weighted by atomic mass is 10.0. The van der Waals surface area contributed by atoms with Gasteiger partial charge in [-0.1, -0.05) is 319 Å². The third kappa shape index (κ3) is 63.0. The Morgan fingerprint density at radius 1 is 0.359 bits per heavy atom. The molecule has 458 valence electrons. The van der Waals surface area contributed by atoms with Gasteiger partial charge in [0.2, 0.25) is 5.91 Å². The van der Waals surface area contributed by atoms with E-state index in [9.17, 15) is 19.8 Å². The van der Waals surface area contributed by atoms with Crippen LogP contribution in [0.4, 0.5) is 0 Å². The second kappa shape index (κ2) is 67.3. The Balaban J connectivity index is 3.38. The van der Waals surface area contributed by atoms with Crippen LogP contribution in [-0.2, 0) is 14.3 Å². The minimum Gasteiger partial charge on any atom is -0.466 e. The van der Waals surface area contributed by atoms with E-state index in [2.05, 4.69) is 55.6 Å². The van der Waals surface area contributed by atoms with Crippen molar-refractivity contribution in [2.24, 2.45) is 0 Å². The summed E-state index contributed by atoms with van der Waals surface area (Å²) in [6, 6.07) is -0.626. The molecule has 0 radical (unpaired) electrons. The van der Waals surface area contributed by atoms with Crippen LogP contribution in [0.3, 0.4) is 0 Å². The topological polar surface area (TPSA) is 95.9 Å². The van der Waals surface area contributed by atoms with Crippen LogP contribution in [0.2, 0.25) is 0 Å². The maximum Gasteiger partial charge on any atom is 0.305 e. The average Bonchev–Trinajstić information content (AvgIpc) is 3.44. The zero-order valence-corrected chi connectivity index (χ0v) is 52.4. The summed E-state index contributed by atoms with van der Waals surface area (Å²) in [7, 11) is 0. The number of hydrogen-bond acceptors (Lipinski definition) is 5. The molecule has 6 nitrogen and oxygen atoms in total. The molecule has 0 spiro atoms. The Morgan fingerprint density at radius 2 is 0.641 bits per heavy atom. The Labute approximate surface area is 486 Å². The SMILES string of the molecule is CCCCCCCCC/C=C\CCCCCCCC(=O)OCCCCCCCCCCC/C=C\C/C=C\CCCCCCCCCCCCCCCCCCCC(=O)NC(CO)C(O)/C=C/CCCCCCCCCCCC. The first-order chi connectivity index (χ1) is 38.5. The number of nitrogens with one attached hydrogen (secondary N) is 1. The number of carbonyl (C=O) groups excluding carboxylic acids is 2. The van der Waals surface area contributed by atoms with E-state index in [0.717, 1.165) is 51.4 Å². The van der Waals surface area contributed by atoms with Gasteiger partial charge < -0.3 is 20.3 Å². The van der Waals surface area contributed by atoms with Gasteiger partial charge in [-0.2, -0.15) is 0 Å². The largest absolute Gasteiger partial charge is 0.466 e. The van der Waals surface area contributed by atoms with Crippen LogP contribution in [0.15, 0.2) is 48.6 Å². The van der Waals surface area contributed by atoms with E-state index in [1.807, 2.05) is 6.08 Å². The molecule has 78 heavy (non-hydrogen) atoms. The van der Waals surface area contributed by atoms with Crippen molar-refractivity contribution in [1.82, 2.24) is 5.32 Å². The highest BCUT2D eigenvalue weighted by Crippen LogP contribution is 2.18. The highest BCUT2D eigenvalue weighted by atomic mass is 16.5. The Kier molecular flexibility index (Phi) is 65.4. The molecule has 0 saturated carbocycles. The van der Waals surface area contributed by atoms with E-state index in [0.29, 0.717) is 19.4 Å². The summed E-state index contributed by atoms with van der Waals surface area (Å²) in [5.74, 6) is -0.0594. The third-order valence-corrected chi connectivity index (χ3v) is 16.1. The number of unbranched alkanes of at least 4 members (excludes halogenated alkanes) is 48. The van der Waals surface area contributed by atoms with Gasteiger partial charge >= 0.3 is 5.97 Å². The zero-order valence-electron chi connectivity index (χ0n) is 52.4. The minimum absolute atomic E-state index is 0.00655. The fourth-order valence-electron chi connectivity index (χ4n) is 10.7. The molecule has 2 atom stereocenters. The number of amides is 1. The van der Waals surface area contributed by atoms with Crippen molar-refractivity contribution < 1.29 is 24.5 Å². The molecule has 3 N–H and O–H groups in total. The molecule has 0 aliphatic rings. The van der Waals surface area contributed by atoms with Gasteiger partial charge in [-0.15, -0.1) is 0 Å². The number of aliphatic hydroxyl groups excluding tert-OH is 2. The van der Waals surface area contributed by atoms with Crippen molar-refractivity contribution in [3.63, 3.8) is 0 Å². The molecule has 0 aromatic carbocycles. The van der Waals surface area contributed by atoms with Gasteiger partial charge in [0.25, 0.3) is 0 Å². The van der Waals surface area contributed by atoms with E-state index in [4.69, 9.17) is 4.74 Å². The lowest BCUT2D eigenvalue weighted by Gasteiger charge is -2.20. The zero-order chi connectivity index (χ0) is 56.4. The fourth-order valence-corrected chi connectivity index (χ4v) is 10.7. The molecule has 2 unspecified atom stereocenters. The molecule has 0 aliphatic heterocycles. The van der Waals surface area contributed by atoms with Gasteiger partial charge in [-0.25, -0.2) is 0 Å². The molecule has 1 amide bonds. The lowest BCUT2D eigenvalue weighted by molar-refractivity contribution is -0.143. The summed E-state index contributed by atoms with van der Waals surface area (Å²) >= 11 is 0. The van der Waals surface area contributed by atoms with E-state index in [1.165, 1.54) is 295 Å². The number of hydrogen-bond donors (Lipinski definition) is 3. The molecule has 0 fully saturated rings. The molecule has 0 aromatic rings. The van der Waals surface area contributed by atoms with Gasteiger partial charge in [-0.3, -0.25) is 9.59 Å². The van der Waals surface area contributed by atoms with Crippen LogP contribution in [0, 0.1) is 0 Å². The van der Waals surface area contributed by atoms with Crippen molar-refractivity contribution in [1.29, 1.82) is 0 Å². The first-order valence-corrected chi connectivity index (χ1v) is 34.9. The predicted octanol–water partition coefficient (Wildman–Crippen LogP) is 22.5. The van der Waals surface area contributed by atoms with E-state index >= 15 is 0 Å². The summed E-state index contributed by atoms with van der Waals surface area (Å²) < 4.78 is 5.49. The van der Waals surface area contributed by atoms with E-state index < -0.39 is 12.1 Å². The minimum atomic E-state index is -0.842. The number of aliphatic hydroxyl groups is 2. The standard InChI is InChI=1S/C72H135NO5/c1-3-5-7-9-11-13-15-17-18-39-42-46-50-54-58-62-66-72(77)78-67-63-59-55-51-47-43-40-37-35-33-31-29-27-25-23-21-19-20-22-24-26-28-30-32-34-36-38-41-45-49-53-57-61-65-71(76)73-69(68-74)70(75)64-60-56-52-48-44-16-14-12-10-8-6-4-2/h18,23,25,29,31,39,60,64,69-70,74-75H,3-17,19-22,24,26-28,30,32-38,40-59,61-63,65-68H2,1-2H3,(H,73,76)/b25-23-,31-29-,39-18-,64-60+. The molecule has 0 bridgehead atoms. The van der Waals surface area contributed by atoms with Crippen LogP contribution < -0.4 is 5.32 Å². The molecule has 6 heteroatoms.